The summed E-state index contributed by atoms with van der Waals surface area (Å²) in [5, 5.41) is 0. The molecule has 3 heterocycles. The average Bonchev–Trinajstić information content (AvgIpc) is 2.32. The van der Waals surface area contributed by atoms with Crippen LogP contribution in [0.5, 0.6) is 0 Å². The van der Waals surface area contributed by atoms with Crippen molar-refractivity contribution in [2.45, 2.75) is 25.3 Å². The molecule has 0 unspecified atom stereocenters. The summed E-state index contributed by atoms with van der Waals surface area (Å²) in [6.45, 7) is 9.45. The fraction of sp³-hybridized carbons (Fsp3) is 1.00. The Morgan fingerprint density at radius 2 is 1.28 bits per heavy atom. The minimum absolute atomic E-state index is 0.740. The van der Waals surface area contributed by atoms with E-state index in [0.29, 0.717) is 0 Å². The van der Waals surface area contributed by atoms with Crippen LogP contribution in [0.1, 0.15) is 19.3 Å². The van der Waals surface area contributed by atoms with Gasteiger partial charge in [0.25, 0.3) is 0 Å². The van der Waals surface area contributed by atoms with Crippen molar-refractivity contribution in [3.8, 4) is 0 Å². The number of piperazine rings is 1. The molecule has 0 aromatic rings. The molecule has 0 amide bonds. The SMILES string of the molecule is CN1CCCCC1.CN1CCN(C2COC2)CC1. The van der Waals surface area contributed by atoms with Crippen LogP contribution < -0.4 is 0 Å². The molecule has 0 aliphatic carbocycles. The summed E-state index contributed by atoms with van der Waals surface area (Å²) in [6, 6.07) is 0.740. The Labute approximate surface area is 112 Å². The van der Waals surface area contributed by atoms with E-state index in [2.05, 4.69) is 28.8 Å². The third-order valence-electron chi connectivity index (χ3n) is 4.25. The van der Waals surface area contributed by atoms with E-state index in [1.807, 2.05) is 0 Å². The Bertz CT molecular complexity index is 219. The Morgan fingerprint density at radius 1 is 0.722 bits per heavy atom. The maximum atomic E-state index is 5.16. The molecule has 3 fully saturated rings. The van der Waals surface area contributed by atoms with Crippen LogP contribution in [0.4, 0.5) is 0 Å². The second kappa shape index (κ2) is 7.43. The lowest BCUT2D eigenvalue weighted by Crippen LogP contribution is -2.55. The van der Waals surface area contributed by atoms with Crippen LogP contribution >= 0.6 is 0 Å². The number of ether oxygens (including phenoxy) is 1. The summed E-state index contributed by atoms with van der Waals surface area (Å²) in [7, 11) is 4.38. The molecule has 0 bridgehead atoms. The molecule has 4 heteroatoms. The Hall–Kier alpha value is -0.160. The number of likely N-dealkylation sites (tertiary alicyclic amines) is 1. The molecule has 0 radical (unpaired) electrons. The topological polar surface area (TPSA) is 19.0 Å². The molecule has 18 heavy (non-hydrogen) atoms. The van der Waals surface area contributed by atoms with Gasteiger partial charge < -0.3 is 14.5 Å². The van der Waals surface area contributed by atoms with Crippen molar-refractivity contribution in [3.63, 3.8) is 0 Å². The fourth-order valence-corrected chi connectivity index (χ4v) is 2.67. The summed E-state index contributed by atoms with van der Waals surface area (Å²) in [4.78, 5) is 7.32. The number of hydrogen-bond donors (Lipinski definition) is 0. The van der Waals surface area contributed by atoms with Crippen molar-refractivity contribution in [2.75, 3.05) is 66.6 Å². The van der Waals surface area contributed by atoms with Crippen LogP contribution in [-0.2, 0) is 4.74 Å². The Balaban J connectivity index is 0.000000149. The second-order valence-electron chi connectivity index (χ2n) is 5.89. The zero-order chi connectivity index (χ0) is 12.8. The zero-order valence-electron chi connectivity index (χ0n) is 12.1. The maximum absolute atomic E-state index is 5.16. The highest BCUT2D eigenvalue weighted by atomic mass is 16.5. The van der Waals surface area contributed by atoms with Crippen molar-refractivity contribution in [3.05, 3.63) is 0 Å². The summed E-state index contributed by atoms with van der Waals surface area (Å²) in [6.07, 6.45) is 4.28. The second-order valence-corrected chi connectivity index (χ2v) is 5.89. The number of likely N-dealkylation sites (N-methyl/N-ethyl adjacent to an activating group) is 1. The van der Waals surface area contributed by atoms with Gasteiger partial charge in [-0.2, -0.15) is 0 Å². The van der Waals surface area contributed by atoms with Crippen LogP contribution in [0.2, 0.25) is 0 Å². The summed E-state index contributed by atoms with van der Waals surface area (Å²) in [5.74, 6) is 0. The van der Waals surface area contributed by atoms with Gasteiger partial charge in [-0.3, -0.25) is 4.90 Å². The lowest BCUT2D eigenvalue weighted by Gasteiger charge is -2.41. The van der Waals surface area contributed by atoms with E-state index >= 15 is 0 Å². The van der Waals surface area contributed by atoms with Crippen molar-refractivity contribution in [1.29, 1.82) is 0 Å². The lowest BCUT2D eigenvalue weighted by molar-refractivity contribution is -0.0752. The van der Waals surface area contributed by atoms with E-state index in [1.54, 1.807) is 0 Å². The fourth-order valence-electron chi connectivity index (χ4n) is 2.67. The van der Waals surface area contributed by atoms with E-state index < -0.39 is 0 Å². The number of hydrogen-bond acceptors (Lipinski definition) is 4. The van der Waals surface area contributed by atoms with Gasteiger partial charge in [-0.25, -0.2) is 0 Å². The Morgan fingerprint density at radius 3 is 1.67 bits per heavy atom. The van der Waals surface area contributed by atoms with Crippen LogP contribution in [-0.4, -0.2) is 87.3 Å². The van der Waals surface area contributed by atoms with E-state index in [9.17, 15) is 0 Å². The maximum Gasteiger partial charge on any atom is 0.0645 e. The molecule has 3 aliphatic heterocycles. The largest absolute Gasteiger partial charge is 0.378 e. The molecule has 0 N–H and O–H groups in total. The first-order chi connectivity index (χ1) is 8.75. The van der Waals surface area contributed by atoms with Crippen molar-refractivity contribution in [2.24, 2.45) is 0 Å². The highest BCUT2D eigenvalue weighted by Crippen LogP contribution is 2.12. The normalized spacial score (nSPS) is 28.3. The summed E-state index contributed by atoms with van der Waals surface area (Å²) < 4.78 is 5.16. The van der Waals surface area contributed by atoms with E-state index in [0.717, 1.165) is 19.3 Å². The molecular formula is C14H29N3O. The third kappa shape index (κ3) is 4.50. The standard InChI is InChI=1S/C8H16N2O.C6H13N/c1-9-2-4-10(5-3-9)8-6-11-7-8;1-7-5-3-2-4-6-7/h8H,2-7H2,1H3;2-6H2,1H3. The van der Waals surface area contributed by atoms with Gasteiger partial charge in [-0.1, -0.05) is 6.42 Å². The van der Waals surface area contributed by atoms with Gasteiger partial charge in [0.1, 0.15) is 0 Å². The highest BCUT2D eigenvalue weighted by Gasteiger charge is 2.27. The minimum atomic E-state index is 0.740. The van der Waals surface area contributed by atoms with Gasteiger partial charge in [0.2, 0.25) is 0 Å². The predicted octanol–water partition coefficient (Wildman–Crippen LogP) is 0.735. The van der Waals surface area contributed by atoms with Gasteiger partial charge in [0, 0.05) is 26.2 Å². The molecule has 0 aromatic heterocycles. The monoisotopic (exact) mass is 255 g/mol. The van der Waals surface area contributed by atoms with Gasteiger partial charge in [0.05, 0.1) is 19.3 Å². The highest BCUT2D eigenvalue weighted by molar-refractivity contribution is 4.81. The first kappa shape index (κ1) is 14.3. The number of piperidine rings is 1. The molecule has 4 nitrogen and oxygen atoms in total. The smallest absolute Gasteiger partial charge is 0.0645 e. The van der Waals surface area contributed by atoms with Gasteiger partial charge in [-0.05, 0) is 40.0 Å². The van der Waals surface area contributed by atoms with Crippen LogP contribution in [0.15, 0.2) is 0 Å². The molecular weight excluding hydrogens is 226 g/mol. The van der Waals surface area contributed by atoms with Crippen molar-refractivity contribution < 1.29 is 4.74 Å². The molecule has 3 aliphatic rings. The molecule has 0 saturated carbocycles. The Kier molecular flexibility index (Phi) is 5.89. The van der Waals surface area contributed by atoms with E-state index in [4.69, 9.17) is 4.74 Å². The van der Waals surface area contributed by atoms with Crippen LogP contribution in [0.3, 0.4) is 0 Å². The molecule has 0 aromatic carbocycles. The molecule has 106 valence electrons. The van der Waals surface area contributed by atoms with E-state index in [1.165, 1.54) is 58.5 Å². The summed E-state index contributed by atoms with van der Waals surface area (Å²) >= 11 is 0. The zero-order valence-corrected chi connectivity index (χ0v) is 12.1. The van der Waals surface area contributed by atoms with Crippen molar-refractivity contribution >= 4 is 0 Å². The predicted molar refractivity (Wildman–Crippen MR) is 75.0 cm³/mol. The first-order valence-corrected chi connectivity index (χ1v) is 7.44. The quantitative estimate of drug-likeness (QED) is 0.688. The third-order valence-corrected chi connectivity index (χ3v) is 4.25. The van der Waals surface area contributed by atoms with Crippen molar-refractivity contribution in [1.82, 2.24) is 14.7 Å². The molecule has 3 rings (SSSR count). The van der Waals surface area contributed by atoms with Gasteiger partial charge in [-0.15, -0.1) is 0 Å². The summed E-state index contributed by atoms with van der Waals surface area (Å²) in [5.41, 5.74) is 0. The molecule has 0 atom stereocenters. The van der Waals surface area contributed by atoms with Gasteiger partial charge in [0.15, 0.2) is 0 Å². The molecule has 3 saturated heterocycles. The lowest BCUT2D eigenvalue weighted by atomic mass is 10.1. The average molecular weight is 255 g/mol. The van der Waals surface area contributed by atoms with Crippen LogP contribution in [0, 0.1) is 0 Å². The first-order valence-electron chi connectivity index (χ1n) is 7.44. The van der Waals surface area contributed by atoms with Crippen LogP contribution in [0.25, 0.3) is 0 Å². The number of rotatable bonds is 1. The number of nitrogens with zero attached hydrogens (tertiary/aromatic N) is 3. The minimum Gasteiger partial charge on any atom is -0.378 e. The van der Waals surface area contributed by atoms with E-state index in [-0.39, 0.29) is 0 Å². The molecule has 0 spiro atoms. The van der Waals surface area contributed by atoms with Gasteiger partial charge >= 0.3 is 0 Å².